The maximum absolute atomic E-state index is 8.94. The molecule has 21 heavy (non-hydrogen) atoms. The van der Waals surface area contributed by atoms with Gasteiger partial charge in [0.2, 0.25) is 0 Å². The zero-order valence-corrected chi connectivity index (χ0v) is 13.8. The summed E-state index contributed by atoms with van der Waals surface area (Å²) >= 11 is 4.36. The van der Waals surface area contributed by atoms with Gasteiger partial charge in [0.1, 0.15) is 5.65 Å². The normalized spacial score (nSPS) is 15.5. The zero-order valence-electron chi connectivity index (χ0n) is 12.9. The number of thiol groups is 1. The number of anilines is 1. The average Bonchev–Trinajstić information content (AvgIpc) is 2.83. The third kappa shape index (κ3) is 3.16. The Morgan fingerprint density at radius 3 is 2.62 bits per heavy atom. The minimum absolute atomic E-state index is 0.216. The number of pyridine rings is 1. The molecular weight excluding hydrogens is 280 g/mol. The number of piperidine rings is 1. The summed E-state index contributed by atoms with van der Waals surface area (Å²) in [7, 11) is 0. The molecule has 0 aliphatic carbocycles. The number of nitrogens with zero attached hydrogens (tertiary/aromatic N) is 4. The lowest BCUT2D eigenvalue weighted by Gasteiger charge is -2.30. The molecule has 3 heterocycles. The van der Waals surface area contributed by atoms with Crippen molar-refractivity contribution in [2.45, 2.75) is 33.6 Å². The van der Waals surface area contributed by atoms with Gasteiger partial charge in [-0.05, 0) is 31.4 Å². The summed E-state index contributed by atoms with van der Waals surface area (Å²) in [5.74, 6) is 0.216. The molecule has 112 valence electrons. The van der Waals surface area contributed by atoms with Gasteiger partial charge >= 0.3 is 0 Å². The van der Waals surface area contributed by atoms with Gasteiger partial charge in [-0.25, -0.2) is 4.98 Å². The van der Waals surface area contributed by atoms with Crippen LogP contribution in [0.25, 0.3) is 11.0 Å². The van der Waals surface area contributed by atoms with E-state index in [1.54, 1.807) is 3.97 Å². The highest BCUT2D eigenvalue weighted by Gasteiger charge is 2.19. The summed E-state index contributed by atoms with van der Waals surface area (Å²) in [6.45, 7) is 7.94. The van der Waals surface area contributed by atoms with E-state index >= 15 is 0 Å². The molecule has 1 fully saturated rings. The van der Waals surface area contributed by atoms with Gasteiger partial charge in [0, 0.05) is 30.6 Å². The first kappa shape index (κ1) is 15.7. The predicted molar refractivity (Wildman–Crippen MR) is 90.8 cm³/mol. The second-order valence-electron chi connectivity index (χ2n) is 5.11. The van der Waals surface area contributed by atoms with E-state index in [4.69, 9.17) is 5.26 Å². The monoisotopic (exact) mass is 302 g/mol. The summed E-state index contributed by atoms with van der Waals surface area (Å²) in [5.41, 5.74) is 3.23. The molecule has 0 radical (unpaired) electrons. The van der Waals surface area contributed by atoms with Crippen molar-refractivity contribution in [3.8, 4) is 6.07 Å². The topological polar surface area (TPSA) is 44.9 Å². The van der Waals surface area contributed by atoms with Crippen molar-refractivity contribution >= 4 is 29.5 Å². The maximum Gasteiger partial charge on any atom is 0.150 e. The van der Waals surface area contributed by atoms with Crippen LogP contribution in [0.5, 0.6) is 0 Å². The molecule has 0 N–H and O–H groups in total. The van der Waals surface area contributed by atoms with Crippen LogP contribution < -0.4 is 4.90 Å². The van der Waals surface area contributed by atoms with Crippen LogP contribution in [0.1, 0.15) is 32.3 Å². The van der Waals surface area contributed by atoms with Gasteiger partial charge in [0.25, 0.3) is 0 Å². The van der Waals surface area contributed by atoms with Gasteiger partial charge in [-0.15, -0.1) is 0 Å². The Balaban J connectivity index is 0.000000774. The third-order valence-corrected chi connectivity index (χ3v) is 4.16. The summed E-state index contributed by atoms with van der Waals surface area (Å²) in [6, 6.07) is 4.54. The molecule has 2 aromatic rings. The fraction of sp³-hybridized carbons (Fsp3) is 0.500. The number of nitriles is 1. The molecule has 0 aromatic carbocycles. The van der Waals surface area contributed by atoms with E-state index < -0.39 is 0 Å². The van der Waals surface area contributed by atoms with Gasteiger partial charge in [-0.1, -0.05) is 26.7 Å². The second-order valence-corrected chi connectivity index (χ2v) is 5.54. The molecule has 4 nitrogen and oxygen atoms in total. The number of fused-ring (bicyclic) bond motifs is 1. The van der Waals surface area contributed by atoms with Crippen LogP contribution in [0.4, 0.5) is 5.69 Å². The van der Waals surface area contributed by atoms with Crippen molar-refractivity contribution in [1.82, 2.24) is 8.96 Å². The molecule has 3 rings (SSSR count). The Morgan fingerprint density at radius 2 is 2.00 bits per heavy atom. The van der Waals surface area contributed by atoms with Gasteiger partial charge in [0.15, 0.2) is 0 Å². The summed E-state index contributed by atoms with van der Waals surface area (Å²) in [4.78, 5) is 6.81. The van der Waals surface area contributed by atoms with E-state index in [9.17, 15) is 0 Å². The average molecular weight is 302 g/mol. The molecule has 1 aliphatic heterocycles. The summed E-state index contributed by atoms with van der Waals surface area (Å²) < 4.78 is 1.76. The minimum Gasteiger partial charge on any atom is -0.370 e. The van der Waals surface area contributed by atoms with Crippen molar-refractivity contribution in [2.24, 2.45) is 5.92 Å². The van der Waals surface area contributed by atoms with Crippen LogP contribution in [-0.2, 0) is 0 Å². The molecule has 0 atom stereocenters. The van der Waals surface area contributed by atoms with Gasteiger partial charge in [-0.2, -0.15) is 5.26 Å². The standard InChI is InChI=1S/C14H16N4S.C2H6/c1-10-9-18(19)14-13(10)6-12(8-16-14)17-4-2-11(7-15)3-5-17;1-2/h6,8-9,11,19H,2-5H2,1H3;1-2H3. The molecule has 2 aromatic heterocycles. The molecule has 0 unspecified atom stereocenters. The van der Waals surface area contributed by atoms with E-state index in [1.165, 1.54) is 5.56 Å². The van der Waals surface area contributed by atoms with Crippen molar-refractivity contribution in [3.05, 3.63) is 24.0 Å². The molecule has 1 saturated heterocycles. The molecule has 0 bridgehead atoms. The Morgan fingerprint density at radius 1 is 1.33 bits per heavy atom. The first-order valence-electron chi connectivity index (χ1n) is 7.50. The van der Waals surface area contributed by atoms with E-state index in [0.717, 1.165) is 42.7 Å². The van der Waals surface area contributed by atoms with Crippen LogP contribution in [0.15, 0.2) is 18.5 Å². The first-order chi connectivity index (χ1) is 10.2. The largest absolute Gasteiger partial charge is 0.370 e. The Labute approximate surface area is 131 Å². The zero-order chi connectivity index (χ0) is 15.4. The lowest BCUT2D eigenvalue weighted by Crippen LogP contribution is -2.33. The highest BCUT2D eigenvalue weighted by atomic mass is 32.1. The van der Waals surface area contributed by atoms with E-state index in [0.29, 0.717) is 0 Å². The molecule has 5 heteroatoms. The second kappa shape index (κ2) is 6.86. The fourth-order valence-electron chi connectivity index (χ4n) is 2.67. The summed E-state index contributed by atoms with van der Waals surface area (Å²) in [5, 5.41) is 10.1. The number of rotatable bonds is 1. The van der Waals surface area contributed by atoms with Crippen LogP contribution in [0.2, 0.25) is 0 Å². The SMILES string of the molecule is CC.Cc1cn(S)c2ncc(N3CCC(C#N)CC3)cc12. The lowest BCUT2D eigenvalue weighted by atomic mass is 9.98. The minimum atomic E-state index is 0.216. The highest BCUT2D eigenvalue weighted by Crippen LogP contribution is 2.27. The quantitative estimate of drug-likeness (QED) is 0.815. The van der Waals surface area contributed by atoms with Crippen LogP contribution in [0.3, 0.4) is 0 Å². The Bertz CT molecular complexity index is 648. The van der Waals surface area contributed by atoms with E-state index in [-0.39, 0.29) is 5.92 Å². The van der Waals surface area contributed by atoms with Crippen molar-refractivity contribution < 1.29 is 0 Å². The van der Waals surface area contributed by atoms with Gasteiger partial charge < -0.3 is 4.90 Å². The van der Waals surface area contributed by atoms with Crippen molar-refractivity contribution in [1.29, 1.82) is 5.26 Å². The Hall–Kier alpha value is -1.67. The third-order valence-electron chi connectivity index (χ3n) is 3.85. The van der Waals surface area contributed by atoms with Crippen LogP contribution in [0, 0.1) is 24.2 Å². The first-order valence-corrected chi connectivity index (χ1v) is 7.90. The Kier molecular flexibility index (Phi) is 5.13. The summed E-state index contributed by atoms with van der Waals surface area (Å²) in [6.07, 6.45) is 5.77. The number of aryl methyl sites for hydroxylation is 1. The highest BCUT2D eigenvalue weighted by molar-refractivity contribution is 7.78. The van der Waals surface area contributed by atoms with E-state index in [2.05, 4.69) is 41.8 Å². The molecule has 0 saturated carbocycles. The molecular formula is C16H22N4S. The van der Waals surface area contributed by atoms with Crippen molar-refractivity contribution in [2.75, 3.05) is 18.0 Å². The van der Waals surface area contributed by atoms with Crippen LogP contribution in [-0.4, -0.2) is 22.0 Å². The van der Waals surface area contributed by atoms with Gasteiger partial charge in [0.05, 0.1) is 18.0 Å². The maximum atomic E-state index is 8.94. The fourth-order valence-corrected chi connectivity index (χ4v) is 3.01. The molecule has 0 spiro atoms. The molecule has 1 aliphatic rings. The van der Waals surface area contributed by atoms with Gasteiger partial charge in [-0.3, -0.25) is 3.97 Å². The number of aromatic nitrogens is 2. The van der Waals surface area contributed by atoms with Crippen LogP contribution >= 0.6 is 12.8 Å². The van der Waals surface area contributed by atoms with E-state index in [1.807, 2.05) is 26.2 Å². The lowest BCUT2D eigenvalue weighted by molar-refractivity contribution is 0.487. The number of hydrogen-bond acceptors (Lipinski definition) is 4. The van der Waals surface area contributed by atoms with Crippen molar-refractivity contribution in [3.63, 3.8) is 0 Å². The number of hydrogen-bond donors (Lipinski definition) is 1. The molecule has 0 amide bonds. The smallest absolute Gasteiger partial charge is 0.150 e. The predicted octanol–water partition coefficient (Wildman–Crippen LogP) is 3.80.